The number of sulfonamides is 1. The molecule has 2 amide bonds. The number of hydrogen-bond acceptors (Lipinski definition) is 4. The number of rotatable bonds is 13. The van der Waals surface area contributed by atoms with E-state index in [-0.39, 0.29) is 50.4 Å². The lowest BCUT2D eigenvalue weighted by Crippen LogP contribution is -2.53. The normalized spacial score (nSPS) is 12.1. The van der Waals surface area contributed by atoms with Crippen LogP contribution in [0, 0.1) is 5.92 Å². The van der Waals surface area contributed by atoms with Crippen LogP contribution in [0.1, 0.15) is 25.0 Å². The molecule has 7 nitrogen and oxygen atoms in total. The van der Waals surface area contributed by atoms with Crippen LogP contribution in [0.2, 0.25) is 20.1 Å². The summed E-state index contributed by atoms with van der Waals surface area (Å²) in [6, 6.07) is 25.4. The van der Waals surface area contributed by atoms with E-state index in [1.165, 1.54) is 29.2 Å². The maximum atomic E-state index is 14.5. The van der Waals surface area contributed by atoms with E-state index in [2.05, 4.69) is 5.32 Å². The summed E-state index contributed by atoms with van der Waals surface area (Å²) < 4.78 is 29.1. The zero-order valence-corrected chi connectivity index (χ0v) is 29.0. The lowest BCUT2D eigenvalue weighted by molar-refractivity contribution is -0.140. The maximum Gasteiger partial charge on any atom is 0.264 e. The molecule has 0 spiro atoms. The van der Waals surface area contributed by atoms with E-state index in [1.807, 2.05) is 44.2 Å². The number of benzene rings is 4. The summed E-state index contributed by atoms with van der Waals surface area (Å²) in [4.78, 5) is 29.7. The minimum absolute atomic E-state index is 0.0183. The number of nitrogens with zero attached hydrogens (tertiary/aromatic N) is 2. The highest BCUT2D eigenvalue weighted by Gasteiger charge is 2.35. The van der Waals surface area contributed by atoms with Crippen LogP contribution < -0.4 is 9.62 Å². The van der Waals surface area contributed by atoms with Gasteiger partial charge in [0.15, 0.2) is 0 Å². The van der Waals surface area contributed by atoms with Gasteiger partial charge in [0.05, 0.1) is 30.7 Å². The van der Waals surface area contributed by atoms with E-state index < -0.39 is 28.5 Å². The molecule has 0 aliphatic carbocycles. The molecule has 0 unspecified atom stereocenters. The Labute approximate surface area is 290 Å². The fourth-order valence-corrected chi connectivity index (χ4v) is 6.94. The monoisotopic (exact) mass is 719 g/mol. The van der Waals surface area contributed by atoms with Crippen LogP contribution in [0.5, 0.6) is 0 Å². The first-order chi connectivity index (χ1) is 21.9. The second kappa shape index (κ2) is 16.0. The first-order valence-corrected chi connectivity index (χ1v) is 17.4. The molecule has 0 bridgehead atoms. The molecule has 0 saturated carbocycles. The Kier molecular flexibility index (Phi) is 12.4. The summed E-state index contributed by atoms with van der Waals surface area (Å²) in [5.41, 5.74) is 1.42. The maximum absolute atomic E-state index is 14.5. The van der Waals surface area contributed by atoms with Crippen molar-refractivity contribution in [1.29, 1.82) is 0 Å². The van der Waals surface area contributed by atoms with E-state index in [4.69, 9.17) is 46.4 Å². The predicted octanol–water partition coefficient (Wildman–Crippen LogP) is 7.91. The summed E-state index contributed by atoms with van der Waals surface area (Å²) in [6.45, 7) is 3.57. The van der Waals surface area contributed by atoms with Gasteiger partial charge in [-0.2, -0.15) is 0 Å². The average Bonchev–Trinajstić information content (AvgIpc) is 3.04. The molecular weight excluding hydrogens is 688 g/mol. The number of anilines is 1. The first kappa shape index (κ1) is 35.6. The van der Waals surface area contributed by atoms with Gasteiger partial charge >= 0.3 is 0 Å². The van der Waals surface area contributed by atoms with Crippen molar-refractivity contribution in [3.63, 3.8) is 0 Å². The average molecular weight is 722 g/mol. The van der Waals surface area contributed by atoms with Crippen LogP contribution in [0.15, 0.2) is 102 Å². The molecule has 0 aliphatic heterocycles. The first-order valence-electron chi connectivity index (χ1n) is 14.4. The Bertz CT molecular complexity index is 1770. The standard InChI is InChI=1S/C34H33Cl4N3O4S/c1-23(2)20-39-34(43)31(19-24-10-5-3-6-11-24)40(21-25-16-17-27(35)29(37)18-25)32(42)22-41(30-15-9-14-28(36)33(30)38)46(44,45)26-12-7-4-8-13-26/h3-18,23,31H,19-22H2,1-2H3,(H,39,43)/t31-/m0/s1. The summed E-state index contributed by atoms with van der Waals surface area (Å²) in [5.74, 6) is -0.886. The van der Waals surface area contributed by atoms with Gasteiger partial charge in [0.25, 0.3) is 10.0 Å². The van der Waals surface area contributed by atoms with E-state index in [0.29, 0.717) is 17.1 Å². The van der Waals surface area contributed by atoms with Crippen molar-refractivity contribution in [3.8, 4) is 0 Å². The molecule has 4 aromatic rings. The number of carbonyl (C=O) groups is 2. The third-order valence-corrected chi connectivity index (χ3v) is 10.4. The molecule has 0 heterocycles. The largest absolute Gasteiger partial charge is 0.354 e. The van der Waals surface area contributed by atoms with Crippen LogP contribution >= 0.6 is 46.4 Å². The van der Waals surface area contributed by atoms with Crippen LogP contribution in [0.3, 0.4) is 0 Å². The minimum atomic E-state index is -4.33. The zero-order chi connectivity index (χ0) is 33.4. The van der Waals surface area contributed by atoms with Gasteiger partial charge < -0.3 is 10.2 Å². The van der Waals surface area contributed by atoms with Gasteiger partial charge in [-0.1, -0.05) is 121 Å². The van der Waals surface area contributed by atoms with Gasteiger partial charge in [-0.15, -0.1) is 0 Å². The Morgan fingerprint density at radius 3 is 2.04 bits per heavy atom. The predicted molar refractivity (Wildman–Crippen MR) is 186 cm³/mol. The smallest absolute Gasteiger partial charge is 0.264 e. The van der Waals surface area contributed by atoms with Crippen molar-refractivity contribution < 1.29 is 18.0 Å². The Morgan fingerprint density at radius 1 is 0.761 bits per heavy atom. The van der Waals surface area contributed by atoms with Crippen molar-refractivity contribution in [2.45, 2.75) is 37.8 Å². The van der Waals surface area contributed by atoms with Gasteiger partial charge in [-0.05, 0) is 53.4 Å². The quantitative estimate of drug-likeness (QED) is 0.152. The highest BCUT2D eigenvalue weighted by molar-refractivity contribution is 7.92. The molecule has 0 fully saturated rings. The Balaban J connectivity index is 1.84. The SMILES string of the molecule is CC(C)CNC(=O)[C@H](Cc1ccccc1)N(Cc1ccc(Cl)c(Cl)c1)C(=O)CN(c1cccc(Cl)c1Cl)S(=O)(=O)c1ccccc1. The van der Waals surface area contributed by atoms with E-state index in [1.54, 1.807) is 42.5 Å². The molecule has 0 radical (unpaired) electrons. The summed E-state index contributed by atoms with van der Waals surface area (Å²) in [5, 5.41) is 3.63. The highest BCUT2D eigenvalue weighted by Crippen LogP contribution is 2.36. The number of halogens is 4. The fourth-order valence-electron chi connectivity index (χ4n) is 4.73. The van der Waals surface area contributed by atoms with Crippen LogP contribution in [-0.2, 0) is 32.6 Å². The van der Waals surface area contributed by atoms with E-state index in [9.17, 15) is 18.0 Å². The minimum Gasteiger partial charge on any atom is -0.354 e. The van der Waals surface area contributed by atoms with Crippen molar-refractivity contribution in [3.05, 3.63) is 128 Å². The summed E-state index contributed by atoms with van der Waals surface area (Å²) >= 11 is 25.3. The lowest BCUT2D eigenvalue weighted by Gasteiger charge is -2.34. The van der Waals surface area contributed by atoms with Gasteiger partial charge in [0.1, 0.15) is 12.6 Å². The third-order valence-electron chi connectivity index (χ3n) is 7.10. The van der Waals surface area contributed by atoms with E-state index >= 15 is 0 Å². The van der Waals surface area contributed by atoms with Crippen LogP contribution in [0.25, 0.3) is 0 Å². The van der Waals surface area contributed by atoms with Crippen LogP contribution in [-0.4, -0.2) is 44.3 Å². The molecule has 0 saturated heterocycles. The fraction of sp³-hybridized carbons (Fsp3) is 0.235. The van der Waals surface area contributed by atoms with E-state index in [0.717, 1.165) is 9.87 Å². The Morgan fingerprint density at radius 2 is 1.41 bits per heavy atom. The third kappa shape index (κ3) is 8.96. The van der Waals surface area contributed by atoms with Gasteiger partial charge in [0.2, 0.25) is 11.8 Å². The molecule has 242 valence electrons. The molecule has 4 rings (SSSR count). The summed E-state index contributed by atoms with van der Waals surface area (Å²) in [6.07, 6.45) is 0.168. The van der Waals surface area contributed by atoms with Gasteiger partial charge in [-0.3, -0.25) is 13.9 Å². The molecule has 12 heteroatoms. The molecule has 0 aromatic heterocycles. The highest BCUT2D eigenvalue weighted by atomic mass is 35.5. The van der Waals surface area contributed by atoms with Crippen LogP contribution in [0.4, 0.5) is 5.69 Å². The topological polar surface area (TPSA) is 86.8 Å². The molecule has 1 N–H and O–H groups in total. The molecule has 4 aromatic carbocycles. The second-order valence-electron chi connectivity index (χ2n) is 11.0. The molecule has 46 heavy (non-hydrogen) atoms. The number of hydrogen-bond donors (Lipinski definition) is 1. The van der Waals surface area contributed by atoms with Crippen molar-refractivity contribution in [2.24, 2.45) is 5.92 Å². The number of amides is 2. The lowest BCUT2D eigenvalue weighted by atomic mass is 10.0. The van der Waals surface area contributed by atoms with Crippen molar-refractivity contribution in [1.82, 2.24) is 10.2 Å². The zero-order valence-electron chi connectivity index (χ0n) is 25.2. The number of nitrogens with one attached hydrogen (secondary N) is 1. The van der Waals surface area contributed by atoms with Gasteiger partial charge in [-0.25, -0.2) is 8.42 Å². The van der Waals surface area contributed by atoms with Crippen molar-refractivity contribution in [2.75, 3.05) is 17.4 Å². The molecule has 1 atom stereocenters. The van der Waals surface area contributed by atoms with Gasteiger partial charge in [0, 0.05) is 19.5 Å². The number of carbonyl (C=O) groups excluding carboxylic acids is 2. The molecular formula is C34H33Cl4N3O4S. The molecule has 0 aliphatic rings. The second-order valence-corrected chi connectivity index (χ2v) is 14.5. The van der Waals surface area contributed by atoms with Crippen molar-refractivity contribution >= 4 is 73.9 Å². The summed E-state index contributed by atoms with van der Waals surface area (Å²) in [7, 11) is -4.33. The Hall–Kier alpha value is -3.27.